The van der Waals surface area contributed by atoms with E-state index in [1.165, 1.54) is 11.3 Å². The maximum Gasteiger partial charge on any atom is 0.303 e. The van der Waals surface area contributed by atoms with Crippen LogP contribution in [0, 0.1) is 6.92 Å². The second-order valence-electron chi connectivity index (χ2n) is 6.19. The van der Waals surface area contributed by atoms with Gasteiger partial charge < -0.3 is 20.1 Å². The average Bonchev–Trinajstić information content (AvgIpc) is 3.05. The lowest BCUT2D eigenvalue weighted by atomic mass is 10.2. The molecular weight excluding hydrogens is 382 g/mol. The number of carbonyl (C=O) groups excluding carboxylic acids is 1. The van der Waals surface area contributed by atoms with Crippen LogP contribution < -0.4 is 15.6 Å². The number of rotatable bonds is 8. The van der Waals surface area contributed by atoms with Crippen LogP contribution in [0.25, 0.3) is 10.2 Å². The summed E-state index contributed by atoms with van der Waals surface area (Å²) in [5.41, 5.74) is 1.31. The van der Waals surface area contributed by atoms with Gasteiger partial charge in [0.15, 0.2) is 0 Å². The van der Waals surface area contributed by atoms with Crippen molar-refractivity contribution in [3.63, 3.8) is 0 Å². The number of hydrogen-bond donors (Lipinski definition) is 3. The van der Waals surface area contributed by atoms with Crippen LogP contribution in [0.1, 0.15) is 34.6 Å². The minimum absolute atomic E-state index is 0.0274. The van der Waals surface area contributed by atoms with Crippen LogP contribution in [-0.2, 0) is 11.3 Å². The number of hydrogen-bond acceptors (Lipinski definition) is 6. The van der Waals surface area contributed by atoms with Crippen molar-refractivity contribution in [2.75, 3.05) is 6.61 Å². The number of carboxylic acid groups (broad SMARTS) is 1. The number of aryl methyl sites for hydroxylation is 1. The molecule has 0 saturated heterocycles. The van der Waals surface area contributed by atoms with Gasteiger partial charge in [-0.1, -0.05) is 12.1 Å². The highest BCUT2D eigenvalue weighted by molar-refractivity contribution is 7.16. The second kappa shape index (κ2) is 8.66. The molecule has 1 amide bonds. The number of ether oxygens (including phenoxy) is 1. The Balaban J connectivity index is 1.61. The summed E-state index contributed by atoms with van der Waals surface area (Å²) < 4.78 is 5.52. The zero-order valence-corrected chi connectivity index (χ0v) is 16.0. The molecule has 28 heavy (non-hydrogen) atoms. The molecule has 0 unspecified atom stereocenters. The summed E-state index contributed by atoms with van der Waals surface area (Å²) in [5.74, 6) is -0.764. The Bertz CT molecular complexity index is 1070. The molecule has 3 N–H and O–H groups in total. The molecule has 0 aliphatic heterocycles. The number of aromatic amines is 1. The number of amides is 1. The number of fused-ring (bicyclic) bond motifs is 1. The lowest BCUT2D eigenvalue weighted by molar-refractivity contribution is -0.137. The summed E-state index contributed by atoms with van der Waals surface area (Å²) in [7, 11) is 0. The van der Waals surface area contributed by atoms with E-state index in [0.29, 0.717) is 29.0 Å². The van der Waals surface area contributed by atoms with Gasteiger partial charge in [-0.3, -0.25) is 14.4 Å². The number of aromatic nitrogens is 2. The van der Waals surface area contributed by atoms with E-state index in [1.807, 2.05) is 18.4 Å². The SMILES string of the molecule is Cc1csc2nc(C(=O)NCc3cccc(OCCCC(=O)O)c3)[nH]c(=O)c12. The van der Waals surface area contributed by atoms with Crippen molar-refractivity contribution in [3.05, 3.63) is 57.0 Å². The fourth-order valence-electron chi connectivity index (χ4n) is 2.62. The molecule has 2 aromatic heterocycles. The average molecular weight is 401 g/mol. The molecular formula is C19H19N3O5S. The minimum atomic E-state index is -0.859. The van der Waals surface area contributed by atoms with Crippen molar-refractivity contribution in [3.8, 4) is 5.75 Å². The highest BCUT2D eigenvalue weighted by Gasteiger charge is 2.13. The molecule has 1 aromatic carbocycles. The van der Waals surface area contributed by atoms with Crippen LogP contribution in [0.4, 0.5) is 0 Å². The molecule has 2 heterocycles. The highest BCUT2D eigenvalue weighted by atomic mass is 32.1. The summed E-state index contributed by atoms with van der Waals surface area (Å²) in [6.07, 6.45) is 0.467. The van der Waals surface area contributed by atoms with E-state index >= 15 is 0 Å². The van der Waals surface area contributed by atoms with Crippen molar-refractivity contribution in [2.45, 2.75) is 26.3 Å². The van der Waals surface area contributed by atoms with Gasteiger partial charge in [-0.25, -0.2) is 4.98 Å². The summed E-state index contributed by atoms with van der Waals surface area (Å²) >= 11 is 1.32. The maximum atomic E-state index is 12.4. The van der Waals surface area contributed by atoms with Crippen LogP contribution >= 0.6 is 11.3 Å². The molecule has 0 radical (unpaired) electrons. The molecule has 0 saturated carbocycles. The van der Waals surface area contributed by atoms with Crippen molar-refractivity contribution < 1.29 is 19.4 Å². The quantitative estimate of drug-likeness (QED) is 0.499. The van der Waals surface area contributed by atoms with Gasteiger partial charge in [0, 0.05) is 13.0 Å². The standard InChI is InChI=1S/C19H19N3O5S/c1-11-10-28-19-15(11)17(25)21-16(22-19)18(26)20-9-12-4-2-5-13(8-12)27-7-3-6-14(23)24/h2,4-5,8,10H,3,6-7,9H2,1H3,(H,20,26)(H,23,24)(H,21,22,25). The Morgan fingerprint density at radius 1 is 1.36 bits per heavy atom. The summed E-state index contributed by atoms with van der Waals surface area (Å²) in [5, 5.41) is 13.7. The third-order valence-electron chi connectivity index (χ3n) is 4.00. The molecule has 3 rings (SSSR count). The van der Waals surface area contributed by atoms with E-state index in [0.717, 1.165) is 11.1 Å². The Morgan fingerprint density at radius 3 is 2.96 bits per heavy atom. The van der Waals surface area contributed by atoms with Crippen molar-refractivity contribution in [1.29, 1.82) is 0 Å². The van der Waals surface area contributed by atoms with Gasteiger partial charge in [0.2, 0.25) is 5.82 Å². The predicted molar refractivity (Wildman–Crippen MR) is 105 cm³/mol. The lowest BCUT2D eigenvalue weighted by Crippen LogP contribution is -2.27. The third kappa shape index (κ3) is 4.74. The Labute approximate surface area is 164 Å². The van der Waals surface area contributed by atoms with Gasteiger partial charge in [0.05, 0.1) is 12.0 Å². The van der Waals surface area contributed by atoms with Crippen LogP contribution in [0.3, 0.4) is 0 Å². The third-order valence-corrected chi connectivity index (χ3v) is 4.99. The minimum Gasteiger partial charge on any atom is -0.494 e. The van der Waals surface area contributed by atoms with Gasteiger partial charge in [0.1, 0.15) is 10.6 Å². The molecule has 0 bridgehead atoms. The highest BCUT2D eigenvalue weighted by Crippen LogP contribution is 2.19. The summed E-state index contributed by atoms with van der Waals surface area (Å²) in [6, 6.07) is 7.14. The van der Waals surface area contributed by atoms with Gasteiger partial charge in [-0.05, 0) is 42.0 Å². The lowest BCUT2D eigenvalue weighted by Gasteiger charge is -2.08. The van der Waals surface area contributed by atoms with E-state index in [2.05, 4.69) is 15.3 Å². The number of carboxylic acids is 1. The molecule has 8 nitrogen and oxygen atoms in total. The number of benzene rings is 1. The van der Waals surface area contributed by atoms with E-state index < -0.39 is 11.9 Å². The Kier molecular flexibility index (Phi) is 6.05. The number of H-pyrrole nitrogens is 1. The van der Waals surface area contributed by atoms with Gasteiger partial charge in [-0.2, -0.15) is 0 Å². The first kappa shape index (κ1) is 19.6. The number of carbonyl (C=O) groups is 2. The molecule has 9 heteroatoms. The van der Waals surface area contributed by atoms with Gasteiger partial charge in [-0.15, -0.1) is 11.3 Å². The summed E-state index contributed by atoms with van der Waals surface area (Å²) in [4.78, 5) is 42.3. The van der Waals surface area contributed by atoms with Crippen LogP contribution in [0.2, 0.25) is 0 Å². The molecule has 0 fully saturated rings. The van der Waals surface area contributed by atoms with Crippen molar-refractivity contribution in [2.24, 2.45) is 0 Å². The number of thiophene rings is 1. The first-order valence-corrected chi connectivity index (χ1v) is 9.52. The molecule has 3 aromatic rings. The second-order valence-corrected chi connectivity index (χ2v) is 7.05. The maximum absolute atomic E-state index is 12.4. The molecule has 146 valence electrons. The Hall–Kier alpha value is -3.20. The number of aliphatic carboxylic acids is 1. The topological polar surface area (TPSA) is 121 Å². The van der Waals surface area contributed by atoms with Crippen LogP contribution in [0.15, 0.2) is 34.4 Å². The molecule has 0 spiro atoms. The van der Waals surface area contributed by atoms with Gasteiger partial charge in [0.25, 0.3) is 11.5 Å². The van der Waals surface area contributed by atoms with Crippen molar-refractivity contribution in [1.82, 2.24) is 15.3 Å². The van der Waals surface area contributed by atoms with Crippen LogP contribution in [0.5, 0.6) is 5.75 Å². The smallest absolute Gasteiger partial charge is 0.303 e. The normalized spacial score (nSPS) is 10.8. The number of nitrogens with zero attached hydrogens (tertiary/aromatic N) is 1. The number of nitrogens with one attached hydrogen (secondary N) is 2. The monoisotopic (exact) mass is 401 g/mol. The molecule has 0 aliphatic carbocycles. The molecule has 0 aliphatic rings. The van der Waals surface area contributed by atoms with Gasteiger partial charge >= 0.3 is 5.97 Å². The van der Waals surface area contributed by atoms with Crippen LogP contribution in [-0.4, -0.2) is 33.6 Å². The van der Waals surface area contributed by atoms with E-state index in [9.17, 15) is 14.4 Å². The van der Waals surface area contributed by atoms with E-state index in [1.54, 1.807) is 18.2 Å². The Morgan fingerprint density at radius 2 is 2.18 bits per heavy atom. The first-order valence-electron chi connectivity index (χ1n) is 8.64. The largest absolute Gasteiger partial charge is 0.494 e. The zero-order chi connectivity index (χ0) is 20.1. The fraction of sp³-hybridized carbons (Fsp3) is 0.263. The fourth-order valence-corrected chi connectivity index (χ4v) is 3.54. The predicted octanol–water partition coefficient (Wildman–Crippen LogP) is 2.47. The first-order chi connectivity index (χ1) is 13.4. The summed E-state index contributed by atoms with van der Waals surface area (Å²) in [6.45, 7) is 2.36. The van der Waals surface area contributed by atoms with E-state index in [-0.39, 0.29) is 24.3 Å². The van der Waals surface area contributed by atoms with E-state index in [4.69, 9.17) is 9.84 Å². The van der Waals surface area contributed by atoms with Crippen molar-refractivity contribution >= 4 is 33.4 Å². The molecule has 0 atom stereocenters. The zero-order valence-electron chi connectivity index (χ0n) is 15.2.